The zero-order valence-corrected chi connectivity index (χ0v) is 13.6. The molecule has 24 heavy (non-hydrogen) atoms. The van der Waals surface area contributed by atoms with E-state index in [1.165, 1.54) is 20.4 Å². The lowest BCUT2D eigenvalue weighted by Gasteiger charge is -2.33. The van der Waals surface area contributed by atoms with Gasteiger partial charge in [0.05, 0.1) is 18.6 Å². The molecule has 0 bridgehead atoms. The third kappa shape index (κ3) is 3.72. The maximum absolute atomic E-state index is 13.4. The average Bonchev–Trinajstić information content (AvgIpc) is 2.93. The van der Waals surface area contributed by atoms with E-state index in [-0.39, 0.29) is 12.1 Å². The Labute approximate surface area is 138 Å². The quantitative estimate of drug-likeness (QED) is 0.847. The first-order valence-corrected chi connectivity index (χ1v) is 7.78. The molecule has 2 rings (SSSR count). The first kappa shape index (κ1) is 18.7. The Kier molecular flexibility index (Phi) is 5.54. The highest BCUT2D eigenvalue weighted by Crippen LogP contribution is 2.40. The van der Waals surface area contributed by atoms with E-state index in [1.54, 1.807) is 0 Å². The van der Waals surface area contributed by atoms with Gasteiger partial charge in [0.15, 0.2) is 5.82 Å². The predicted molar refractivity (Wildman–Crippen MR) is 79.0 cm³/mol. The van der Waals surface area contributed by atoms with Crippen LogP contribution in [0, 0.1) is 0 Å². The monoisotopic (exact) mass is 349 g/mol. The summed E-state index contributed by atoms with van der Waals surface area (Å²) in [7, 11) is 2.84. The van der Waals surface area contributed by atoms with E-state index in [1.807, 2.05) is 0 Å². The van der Waals surface area contributed by atoms with Gasteiger partial charge in [0.2, 0.25) is 11.5 Å². The molecule has 1 aromatic rings. The van der Waals surface area contributed by atoms with E-state index in [2.05, 4.69) is 10.3 Å². The molecule has 0 aromatic carbocycles. The standard InChI is InChI=1S/C15H22F3N3O3/c1-21-8-7-19-13(21)14(23,15(16,17)18)9-12(22)20-10-5-3-4-6-11(10)24-2/h7-8,10-11,23H,3-6,9H2,1-2H3,(H,20,22). The maximum Gasteiger partial charge on any atom is 0.425 e. The molecular weight excluding hydrogens is 327 g/mol. The van der Waals surface area contributed by atoms with E-state index >= 15 is 0 Å². The molecule has 0 radical (unpaired) electrons. The number of aryl methyl sites for hydroxylation is 1. The second-order valence-electron chi connectivity index (χ2n) is 6.13. The topological polar surface area (TPSA) is 76.4 Å². The van der Waals surface area contributed by atoms with E-state index in [9.17, 15) is 23.1 Å². The van der Waals surface area contributed by atoms with Crippen molar-refractivity contribution in [3.63, 3.8) is 0 Å². The van der Waals surface area contributed by atoms with Gasteiger partial charge in [-0.05, 0) is 12.8 Å². The molecule has 3 atom stereocenters. The van der Waals surface area contributed by atoms with Gasteiger partial charge in [0.25, 0.3) is 0 Å². The highest BCUT2D eigenvalue weighted by Gasteiger charge is 2.58. The van der Waals surface area contributed by atoms with Gasteiger partial charge in [0.1, 0.15) is 0 Å². The number of aromatic nitrogens is 2. The van der Waals surface area contributed by atoms with Crippen molar-refractivity contribution in [2.75, 3.05) is 7.11 Å². The Morgan fingerprint density at radius 1 is 1.46 bits per heavy atom. The van der Waals surface area contributed by atoms with Crippen LogP contribution in [-0.2, 0) is 22.2 Å². The number of amides is 1. The van der Waals surface area contributed by atoms with Gasteiger partial charge < -0.3 is 19.7 Å². The van der Waals surface area contributed by atoms with Gasteiger partial charge in [-0.25, -0.2) is 4.98 Å². The second kappa shape index (κ2) is 7.10. The lowest BCUT2D eigenvalue weighted by molar-refractivity contribution is -0.271. The van der Waals surface area contributed by atoms with Crippen LogP contribution in [-0.4, -0.2) is 46.0 Å². The number of carbonyl (C=O) groups is 1. The van der Waals surface area contributed by atoms with Crippen molar-refractivity contribution in [3.05, 3.63) is 18.2 Å². The lowest BCUT2D eigenvalue weighted by atomic mass is 9.91. The molecule has 1 heterocycles. The fourth-order valence-electron chi connectivity index (χ4n) is 3.10. The highest BCUT2D eigenvalue weighted by atomic mass is 19.4. The molecule has 136 valence electrons. The summed E-state index contributed by atoms with van der Waals surface area (Å²) in [5.74, 6) is -1.50. The van der Waals surface area contributed by atoms with Gasteiger partial charge in [-0.2, -0.15) is 13.2 Å². The molecule has 1 amide bonds. The first-order chi connectivity index (χ1) is 11.2. The summed E-state index contributed by atoms with van der Waals surface area (Å²) in [6, 6.07) is -0.352. The van der Waals surface area contributed by atoms with Crippen molar-refractivity contribution in [1.82, 2.24) is 14.9 Å². The number of carbonyl (C=O) groups excluding carboxylic acids is 1. The van der Waals surface area contributed by atoms with Crippen LogP contribution in [0.3, 0.4) is 0 Å². The average molecular weight is 349 g/mol. The number of methoxy groups -OCH3 is 1. The Morgan fingerprint density at radius 3 is 2.67 bits per heavy atom. The molecule has 3 unspecified atom stereocenters. The molecule has 9 heteroatoms. The zero-order valence-electron chi connectivity index (χ0n) is 13.6. The van der Waals surface area contributed by atoms with Crippen molar-refractivity contribution in [3.8, 4) is 0 Å². The number of imidazole rings is 1. The molecular formula is C15H22F3N3O3. The Bertz CT molecular complexity index is 576. The summed E-state index contributed by atoms with van der Waals surface area (Å²) in [5, 5.41) is 12.8. The molecule has 1 fully saturated rings. The number of ether oxygens (including phenoxy) is 1. The van der Waals surface area contributed by atoms with E-state index in [0.29, 0.717) is 6.42 Å². The fourth-order valence-corrected chi connectivity index (χ4v) is 3.10. The first-order valence-electron chi connectivity index (χ1n) is 7.78. The second-order valence-corrected chi connectivity index (χ2v) is 6.13. The summed E-state index contributed by atoms with van der Waals surface area (Å²) >= 11 is 0. The van der Waals surface area contributed by atoms with Crippen LogP contribution >= 0.6 is 0 Å². The van der Waals surface area contributed by atoms with Gasteiger partial charge >= 0.3 is 6.18 Å². The Morgan fingerprint density at radius 2 is 2.12 bits per heavy atom. The number of nitrogens with one attached hydrogen (secondary N) is 1. The molecule has 1 aromatic heterocycles. The van der Waals surface area contributed by atoms with Crippen molar-refractivity contribution >= 4 is 5.91 Å². The molecule has 6 nitrogen and oxygen atoms in total. The number of rotatable bonds is 5. The van der Waals surface area contributed by atoms with Crippen LogP contribution in [0.15, 0.2) is 12.4 Å². The fraction of sp³-hybridized carbons (Fsp3) is 0.733. The Hall–Kier alpha value is -1.61. The number of hydrogen-bond donors (Lipinski definition) is 2. The summed E-state index contributed by atoms with van der Waals surface area (Å²) in [4.78, 5) is 15.8. The van der Waals surface area contributed by atoms with Gasteiger partial charge in [0, 0.05) is 26.6 Å². The minimum atomic E-state index is -5.03. The van der Waals surface area contributed by atoms with E-state index < -0.39 is 29.9 Å². The Balaban J connectivity index is 2.15. The third-order valence-corrected chi connectivity index (χ3v) is 4.43. The largest absolute Gasteiger partial charge is 0.425 e. The van der Waals surface area contributed by atoms with Crippen molar-refractivity contribution < 1.29 is 27.8 Å². The van der Waals surface area contributed by atoms with Gasteiger partial charge in [-0.3, -0.25) is 4.79 Å². The molecule has 0 aliphatic heterocycles. The lowest BCUT2D eigenvalue weighted by Crippen LogP contribution is -2.51. The SMILES string of the molecule is COC1CCCCC1NC(=O)CC(O)(c1nccn1C)C(F)(F)F. The normalized spacial score (nSPS) is 24.4. The molecule has 0 saturated heterocycles. The zero-order chi connectivity index (χ0) is 18.0. The minimum absolute atomic E-state index is 0.227. The van der Waals surface area contributed by atoms with Crippen LogP contribution in [0.25, 0.3) is 0 Å². The van der Waals surface area contributed by atoms with Crippen molar-refractivity contribution in [2.24, 2.45) is 7.05 Å². The van der Waals surface area contributed by atoms with Crippen LogP contribution < -0.4 is 5.32 Å². The van der Waals surface area contributed by atoms with Crippen LogP contribution in [0.1, 0.15) is 37.9 Å². The number of hydrogen-bond acceptors (Lipinski definition) is 4. The molecule has 1 aliphatic rings. The van der Waals surface area contributed by atoms with Crippen LogP contribution in [0.5, 0.6) is 0 Å². The number of aliphatic hydroxyl groups is 1. The minimum Gasteiger partial charge on any atom is -0.379 e. The summed E-state index contributed by atoms with van der Waals surface area (Å²) in [6.45, 7) is 0. The number of alkyl halides is 3. The van der Waals surface area contributed by atoms with Gasteiger partial charge in [-0.1, -0.05) is 12.8 Å². The highest BCUT2D eigenvalue weighted by molar-refractivity contribution is 5.77. The van der Waals surface area contributed by atoms with Crippen molar-refractivity contribution in [2.45, 2.75) is 56.0 Å². The van der Waals surface area contributed by atoms with Crippen LogP contribution in [0.4, 0.5) is 13.2 Å². The molecule has 0 spiro atoms. The molecule has 2 N–H and O–H groups in total. The third-order valence-electron chi connectivity index (χ3n) is 4.43. The number of halogens is 3. The van der Waals surface area contributed by atoms with Gasteiger partial charge in [-0.15, -0.1) is 0 Å². The summed E-state index contributed by atoms with van der Waals surface area (Å²) in [5.41, 5.74) is -3.34. The predicted octanol–water partition coefficient (Wildman–Crippen LogP) is 1.63. The van der Waals surface area contributed by atoms with E-state index in [4.69, 9.17) is 4.74 Å². The maximum atomic E-state index is 13.4. The number of nitrogens with zero attached hydrogens (tertiary/aromatic N) is 2. The smallest absolute Gasteiger partial charge is 0.379 e. The summed E-state index contributed by atoms with van der Waals surface area (Å²) in [6.07, 6.45) is -0.780. The van der Waals surface area contributed by atoms with E-state index in [0.717, 1.165) is 30.0 Å². The summed E-state index contributed by atoms with van der Waals surface area (Å²) < 4.78 is 46.6. The molecule has 1 saturated carbocycles. The van der Waals surface area contributed by atoms with Crippen molar-refractivity contribution in [1.29, 1.82) is 0 Å². The molecule has 1 aliphatic carbocycles. The van der Waals surface area contributed by atoms with Crippen LogP contribution in [0.2, 0.25) is 0 Å².